The number of amides is 2. The Balaban J connectivity index is 1.52. The van der Waals surface area contributed by atoms with Crippen LogP contribution in [0.1, 0.15) is 24.5 Å². The normalized spacial score (nSPS) is 10.9. The van der Waals surface area contributed by atoms with Crippen molar-refractivity contribution in [1.82, 2.24) is 10.3 Å². The van der Waals surface area contributed by atoms with Gasteiger partial charge in [0.05, 0.1) is 5.69 Å². The summed E-state index contributed by atoms with van der Waals surface area (Å²) in [6.07, 6.45) is 7.15. The highest BCUT2D eigenvalue weighted by Crippen LogP contribution is 2.25. The van der Waals surface area contributed by atoms with Gasteiger partial charge >= 0.3 is 0 Å². The van der Waals surface area contributed by atoms with Crippen LogP contribution in [0.3, 0.4) is 0 Å². The second kappa shape index (κ2) is 11.5. The average Bonchev–Trinajstić information content (AvgIpc) is 3.24. The molecular weight excluding hydrogens is 426 g/mol. The van der Waals surface area contributed by atoms with Crippen molar-refractivity contribution in [2.75, 3.05) is 18.1 Å². The lowest BCUT2D eigenvalue weighted by molar-refractivity contribution is -0.119. The molecule has 1 heterocycles. The summed E-state index contributed by atoms with van der Waals surface area (Å²) in [5.41, 5.74) is 4.03. The van der Waals surface area contributed by atoms with Gasteiger partial charge in [0.2, 0.25) is 11.8 Å². The highest BCUT2D eigenvalue weighted by molar-refractivity contribution is 7.98. The minimum absolute atomic E-state index is 0.00193. The van der Waals surface area contributed by atoms with Gasteiger partial charge in [-0.1, -0.05) is 36.4 Å². The first-order valence-electron chi connectivity index (χ1n) is 9.96. The van der Waals surface area contributed by atoms with Crippen LogP contribution in [0.4, 0.5) is 5.13 Å². The lowest BCUT2D eigenvalue weighted by Crippen LogP contribution is -2.21. The first-order chi connectivity index (χ1) is 15.0. The van der Waals surface area contributed by atoms with Crippen LogP contribution in [0.5, 0.6) is 0 Å². The van der Waals surface area contributed by atoms with Gasteiger partial charge in [-0.3, -0.25) is 14.9 Å². The first kappa shape index (κ1) is 22.8. The number of benzene rings is 2. The van der Waals surface area contributed by atoms with E-state index in [1.165, 1.54) is 34.8 Å². The quantitative estimate of drug-likeness (QED) is 0.265. The molecule has 3 aromatic rings. The summed E-state index contributed by atoms with van der Waals surface area (Å²) < 4.78 is 0. The van der Waals surface area contributed by atoms with E-state index in [1.807, 2.05) is 48.0 Å². The molecule has 1 aromatic heterocycles. The summed E-state index contributed by atoms with van der Waals surface area (Å²) in [4.78, 5) is 28.8. The van der Waals surface area contributed by atoms with Crippen LogP contribution in [0.2, 0.25) is 0 Å². The smallest absolute Gasteiger partial charge is 0.250 e. The number of carbonyl (C=O) groups excluding carboxylic acids is 2. The number of carbonyl (C=O) groups is 2. The molecule has 0 saturated heterocycles. The van der Waals surface area contributed by atoms with Crippen molar-refractivity contribution >= 4 is 46.1 Å². The van der Waals surface area contributed by atoms with Gasteiger partial charge in [0, 0.05) is 35.4 Å². The molecule has 0 fully saturated rings. The van der Waals surface area contributed by atoms with E-state index in [1.54, 1.807) is 17.8 Å². The van der Waals surface area contributed by atoms with Crippen molar-refractivity contribution in [2.24, 2.45) is 0 Å². The number of hydrogen-bond acceptors (Lipinski definition) is 5. The standard InChI is InChI=1S/C24H25N3O2S2/c1-17(28)25-15-3-4-18-5-10-20(11-6-18)22-16-31-24(26-22)27-23(29)14-9-19-7-12-21(30-2)13-8-19/h5-14,16H,3-4,15H2,1-2H3,(H,25,28)(H,26,27,29)/b14-9+. The molecule has 7 heteroatoms. The molecule has 0 atom stereocenters. The Labute approximate surface area is 191 Å². The molecule has 0 aliphatic heterocycles. The predicted octanol–water partition coefficient (Wildman–Crippen LogP) is 5.25. The Morgan fingerprint density at radius 3 is 2.52 bits per heavy atom. The summed E-state index contributed by atoms with van der Waals surface area (Å²) in [6.45, 7) is 2.21. The van der Waals surface area contributed by atoms with Gasteiger partial charge in [-0.15, -0.1) is 23.1 Å². The SMILES string of the molecule is CSc1ccc(/C=C/C(=O)Nc2nc(-c3ccc(CCCNC(C)=O)cc3)cs2)cc1. The molecule has 0 unspecified atom stereocenters. The number of rotatable bonds is 9. The minimum atomic E-state index is -0.204. The molecule has 0 aliphatic rings. The molecule has 160 valence electrons. The molecule has 31 heavy (non-hydrogen) atoms. The predicted molar refractivity (Wildman–Crippen MR) is 130 cm³/mol. The van der Waals surface area contributed by atoms with Crippen molar-refractivity contribution < 1.29 is 9.59 Å². The van der Waals surface area contributed by atoms with E-state index in [4.69, 9.17) is 0 Å². The molecule has 2 aromatic carbocycles. The minimum Gasteiger partial charge on any atom is -0.356 e. The summed E-state index contributed by atoms with van der Waals surface area (Å²) in [6, 6.07) is 16.3. The van der Waals surface area contributed by atoms with Crippen LogP contribution in [-0.2, 0) is 16.0 Å². The zero-order valence-corrected chi connectivity index (χ0v) is 19.2. The fourth-order valence-electron chi connectivity index (χ4n) is 2.90. The van der Waals surface area contributed by atoms with E-state index in [-0.39, 0.29) is 11.8 Å². The number of anilines is 1. The van der Waals surface area contributed by atoms with E-state index in [9.17, 15) is 9.59 Å². The number of thioether (sulfide) groups is 1. The molecule has 0 spiro atoms. The maximum Gasteiger partial charge on any atom is 0.250 e. The van der Waals surface area contributed by atoms with E-state index in [0.717, 1.165) is 29.7 Å². The molecule has 0 bridgehead atoms. The Hall–Kier alpha value is -2.90. The second-order valence-corrected chi connectivity index (χ2v) is 8.65. The van der Waals surface area contributed by atoms with Gasteiger partial charge in [0.25, 0.3) is 0 Å². The van der Waals surface area contributed by atoms with Crippen LogP contribution in [-0.4, -0.2) is 29.6 Å². The fraction of sp³-hybridized carbons (Fsp3) is 0.208. The van der Waals surface area contributed by atoms with Gasteiger partial charge < -0.3 is 5.32 Å². The van der Waals surface area contributed by atoms with Crippen LogP contribution < -0.4 is 10.6 Å². The lowest BCUT2D eigenvalue weighted by Gasteiger charge is -2.04. The molecule has 2 amide bonds. The number of aryl methyl sites for hydroxylation is 1. The van der Waals surface area contributed by atoms with Crippen LogP contribution in [0, 0.1) is 0 Å². The number of nitrogens with zero attached hydrogens (tertiary/aromatic N) is 1. The molecule has 0 radical (unpaired) electrons. The van der Waals surface area contributed by atoms with Crippen molar-refractivity contribution in [1.29, 1.82) is 0 Å². The molecule has 0 aliphatic carbocycles. The van der Waals surface area contributed by atoms with Crippen molar-refractivity contribution in [2.45, 2.75) is 24.7 Å². The average molecular weight is 452 g/mol. The molecule has 0 saturated carbocycles. The largest absolute Gasteiger partial charge is 0.356 e. The summed E-state index contributed by atoms with van der Waals surface area (Å²) >= 11 is 3.09. The van der Waals surface area contributed by atoms with E-state index in [2.05, 4.69) is 27.8 Å². The highest BCUT2D eigenvalue weighted by atomic mass is 32.2. The molecule has 3 rings (SSSR count). The monoisotopic (exact) mass is 451 g/mol. The van der Waals surface area contributed by atoms with Crippen molar-refractivity contribution in [3.63, 3.8) is 0 Å². The maximum atomic E-state index is 12.2. The van der Waals surface area contributed by atoms with Crippen molar-refractivity contribution in [3.05, 3.63) is 71.1 Å². The Kier molecular flexibility index (Phi) is 8.44. The van der Waals surface area contributed by atoms with Crippen LogP contribution in [0.15, 0.2) is 64.9 Å². The Morgan fingerprint density at radius 1 is 1.10 bits per heavy atom. The van der Waals surface area contributed by atoms with Gasteiger partial charge in [-0.05, 0) is 48.4 Å². The number of nitrogens with one attached hydrogen (secondary N) is 2. The second-order valence-electron chi connectivity index (χ2n) is 6.92. The third-order valence-electron chi connectivity index (χ3n) is 4.54. The molecule has 2 N–H and O–H groups in total. The fourth-order valence-corrected chi connectivity index (χ4v) is 4.03. The lowest BCUT2D eigenvalue weighted by atomic mass is 10.1. The summed E-state index contributed by atoms with van der Waals surface area (Å²) in [5, 5.41) is 8.14. The number of hydrogen-bond donors (Lipinski definition) is 2. The van der Waals surface area contributed by atoms with Gasteiger partial charge in [-0.25, -0.2) is 4.98 Å². The first-order valence-corrected chi connectivity index (χ1v) is 12.1. The van der Waals surface area contributed by atoms with Gasteiger partial charge in [0.1, 0.15) is 0 Å². The number of aromatic nitrogens is 1. The van der Waals surface area contributed by atoms with E-state index >= 15 is 0 Å². The Morgan fingerprint density at radius 2 is 1.84 bits per heavy atom. The zero-order chi connectivity index (χ0) is 22.1. The van der Waals surface area contributed by atoms with Crippen molar-refractivity contribution in [3.8, 4) is 11.3 Å². The zero-order valence-electron chi connectivity index (χ0n) is 17.6. The Bertz CT molecular complexity index is 1040. The number of thiazole rings is 1. The third kappa shape index (κ3) is 7.38. The summed E-state index contributed by atoms with van der Waals surface area (Å²) in [5.74, 6) is -0.202. The van der Waals surface area contributed by atoms with E-state index in [0.29, 0.717) is 11.7 Å². The summed E-state index contributed by atoms with van der Waals surface area (Å²) in [7, 11) is 0. The topological polar surface area (TPSA) is 71.1 Å². The van der Waals surface area contributed by atoms with Crippen LogP contribution in [0.25, 0.3) is 17.3 Å². The molecular formula is C24H25N3O2S2. The van der Waals surface area contributed by atoms with Crippen LogP contribution >= 0.6 is 23.1 Å². The highest BCUT2D eigenvalue weighted by Gasteiger charge is 2.07. The van der Waals surface area contributed by atoms with Gasteiger partial charge in [-0.2, -0.15) is 0 Å². The molecule has 5 nitrogen and oxygen atoms in total. The van der Waals surface area contributed by atoms with E-state index < -0.39 is 0 Å². The third-order valence-corrected chi connectivity index (χ3v) is 6.04. The van der Waals surface area contributed by atoms with Gasteiger partial charge in [0.15, 0.2) is 5.13 Å². The maximum absolute atomic E-state index is 12.2.